The summed E-state index contributed by atoms with van der Waals surface area (Å²) in [6, 6.07) is 0.617. The van der Waals surface area contributed by atoms with Crippen LogP contribution in [0.15, 0.2) is 0 Å². The van der Waals surface area contributed by atoms with Crippen molar-refractivity contribution in [3.8, 4) is 0 Å². The minimum absolute atomic E-state index is 0.519. The summed E-state index contributed by atoms with van der Waals surface area (Å²) >= 11 is 0. The second-order valence-corrected chi connectivity index (χ2v) is 6.26. The Hall–Kier alpha value is -0.0400. The van der Waals surface area contributed by atoms with Gasteiger partial charge in [-0.3, -0.25) is 0 Å². The fraction of sp³-hybridized carbons (Fsp3) is 1.00. The number of unbranched alkanes of at least 4 members (excludes halogenated alkanes) is 4. The van der Waals surface area contributed by atoms with Crippen LogP contribution in [0, 0.1) is 5.41 Å². The first-order valence-electron chi connectivity index (χ1n) is 7.77. The molecular weight excluding hydrogens is 206 g/mol. The fourth-order valence-corrected chi connectivity index (χ4v) is 2.51. The third-order valence-electron chi connectivity index (χ3n) is 3.67. The van der Waals surface area contributed by atoms with Gasteiger partial charge in [0.2, 0.25) is 0 Å². The van der Waals surface area contributed by atoms with Crippen LogP contribution in [-0.4, -0.2) is 12.6 Å². The maximum absolute atomic E-state index is 3.62. The summed E-state index contributed by atoms with van der Waals surface area (Å²) in [6.45, 7) is 12.7. The van der Waals surface area contributed by atoms with E-state index in [0.717, 1.165) is 0 Å². The average molecular weight is 241 g/mol. The Morgan fingerprint density at radius 3 is 2.06 bits per heavy atom. The zero-order valence-electron chi connectivity index (χ0n) is 12.9. The molecule has 0 bridgehead atoms. The van der Waals surface area contributed by atoms with Gasteiger partial charge in [-0.1, -0.05) is 73.1 Å². The quantitative estimate of drug-likeness (QED) is 0.493. The van der Waals surface area contributed by atoms with Crippen molar-refractivity contribution in [2.24, 2.45) is 5.41 Å². The summed E-state index contributed by atoms with van der Waals surface area (Å²) < 4.78 is 0. The van der Waals surface area contributed by atoms with Crippen molar-refractivity contribution in [1.82, 2.24) is 5.32 Å². The standard InChI is InChI=1S/C16H35N/c1-6-8-9-10-11-13-16(5,12-7-2)14-17-15(3)4/h15,17H,6-14H2,1-5H3. The highest BCUT2D eigenvalue weighted by molar-refractivity contribution is 4.77. The van der Waals surface area contributed by atoms with Crippen LogP contribution in [0.5, 0.6) is 0 Å². The van der Waals surface area contributed by atoms with E-state index in [1.807, 2.05) is 0 Å². The summed E-state index contributed by atoms with van der Waals surface area (Å²) in [4.78, 5) is 0. The molecular formula is C16H35N. The minimum Gasteiger partial charge on any atom is -0.314 e. The van der Waals surface area contributed by atoms with Gasteiger partial charge in [0.25, 0.3) is 0 Å². The summed E-state index contributed by atoms with van der Waals surface area (Å²) in [5.74, 6) is 0. The Morgan fingerprint density at radius 2 is 1.53 bits per heavy atom. The molecule has 0 radical (unpaired) electrons. The lowest BCUT2D eigenvalue weighted by atomic mass is 9.80. The van der Waals surface area contributed by atoms with Crippen molar-refractivity contribution >= 4 is 0 Å². The van der Waals surface area contributed by atoms with E-state index in [1.165, 1.54) is 57.9 Å². The molecule has 0 aromatic carbocycles. The van der Waals surface area contributed by atoms with Gasteiger partial charge in [-0.25, -0.2) is 0 Å². The molecule has 0 aromatic heterocycles. The van der Waals surface area contributed by atoms with Gasteiger partial charge in [-0.15, -0.1) is 0 Å². The van der Waals surface area contributed by atoms with Crippen LogP contribution in [0.1, 0.15) is 86.0 Å². The maximum atomic E-state index is 3.62. The Bertz CT molecular complexity index is 165. The van der Waals surface area contributed by atoms with E-state index in [4.69, 9.17) is 0 Å². The van der Waals surface area contributed by atoms with Crippen molar-refractivity contribution in [2.45, 2.75) is 92.0 Å². The van der Waals surface area contributed by atoms with Crippen molar-refractivity contribution in [2.75, 3.05) is 6.54 Å². The Balaban J connectivity index is 3.85. The lowest BCUT2D eigenvalue weighted by molar-refractivity contribution is 0.239. The van der Waals surface area contributed by atoms with Gasteiger partial charge in [0.1, 0.15) is 0 Å². The molecule has 0 fully saturated rings. The maximum Gasteiger partial charge on any atom is 0.00106 e. The van der Waals surface area contributed by atoms with E-state index in [2.05, 4.69) is 39.9 Å². The molecule has 0 aliphatic heterocycles. The zero-order chi connectivity index (χ0) is 13.1. The van der Waals surface area contributed by atoms with Crippen LogP contribution in [0.2, 0.25) is 0 Å². The van der Waals surface area contributed by atoms with Crippen LogP contribution in [0.25, 0.3) is 0 Å². The predicted molar refractivity (Wildman–Crippen MR) is 79.5 cm³/mol. The smallest absolute Gasteiger partial charge is 0.00106 e. The lowest BCUT2D eigenvalue weighted by Gasteiger charge is -2.31. The SMILES string of the molecule is CCCCCCCC(C)(CCC)CNC(C)C. The lowest BCUT2D eigenvalue weighted by Crippen LogP contribution is -2.35. The van der Waals surface area contributed by atoms with E-state index in [1.54, 1.807) is 0 Å². The summed E-state index contributed by atoms with van der Waals surface area (Å²) in [5, 5.41) is 3.62. The minimum atomic E-state index is 0.519. The molecule has 0 heterocycles. The number of hydrogen-bond donors (Lipinski definition) is 1. The van der Waals surface area contributed by atoms with Crippen molar-refractivity contribution < 1.29 is 0 Å². The predicted octanol–water partition coefficient (Wildman–Crippen LogP) is 5.15. The highest BCUT2D eigenvalue weighted by atomic mass is 14.9. The number of nitrogens with one attached hydrogen (secondary N) is 1. The van der Waals surface area contributed by atoms with Crippen molar-refractivity contribution in [3.63, 3.8) is 0 Å². The summed E-state index contributed by atoms with van der Waals surface area (Å²) in [6.07, 6.45) is 11.1. The molecule has 0 aliphatic rings. The van der Waals surface area contributed by atoms with Gasteiger partial charge >= 0.3 is 0 Å². The zero-order valence-corrected chi connectivity index (χ0v) is 12.9. The molecule has 1 nitrogen and oxygen atoms in total. The van der Waals surface area contributed by atoms with Gasteiger partial charge in [0, 0.05) is 12.6 Å². The molecule has 1 N–H and O–H groups in total. The third-order valence-corrected chi connectivity index (χ3v) is 3.67. The van der Waals surface area contributed by atoms with Crippen LogP contribution in [0.3, 0.4) is 0 Å². The molecule has 1 unspecified atom stereocenters. The van der Waals surface area contributed by atoms with Crippen molar-refractivity contribution in [3.05, 3.63) is 0 Å². The highest BCUT2D eigenvalue weighted by Crippen LogP contribution is 2.29. The van der Waals surface area contributed by atoms with E-state index < -0.39 is 0 Å². The monoisotopic (exact) mass is 241 g/mol. The number of hydrogen-bond acceptors (Lipinski definition) is 1. The molecule has 17 heavy (non-hydrogen) atoms. The second-order valence-electron chi connectivity index (χ2n) is 6.26. The van der Waals surface area contributed by atoms with Gasteiger partial charge in [0.05, 0.1) is 0 Å². The third kappa shape index (κ3) is 9.64. The van der Waals surface area contributed by atoms with E-state index in [0.29, 0.717) is 11.5 Å². The molecule has 0 rings (SSSR count). The molecule has 1 heteroatoms. The van der Waals surface area contributed by atoms with Gasteiger partial charge in [0.15, 0.2) is 0 Å². The molecule has 0 amide bonds. The largest absolute Gasteiger partial charge is 0.314 e. The average Bonchev–Trinajstić information content (AvgIpc) is 2.27. The summed E-state index contributed by atoms with van der Waals surface area (Å²) in [7, 11) is 0. The fourth-order valence-electron chi connectivity index (χ4n) is 2.51. The van der Waals surface area contributed by atoms with Crippen LogP contribution in [0.4, 0.5) is 0 Å². The van der Waals surface area contributed by atoms with Gasteiger partial charge < -0.3 is 5.32 Å². The van der Waals surface area contributed by atoms with Gasteiger partial charge in [-0.2, -0.15) is 0 Å². The van der Waals surface area contributed by atoms with Crippen LogP contribution in [-0.2, 0) is 0 Å². The van der Waals surface area contributed by atoms with Crippen LogP contribution < -0.4 is 5.32 Å². The molecule has 0 aromatic rings. The Labute approximate surface area is 110 Å². The Kier molecular flexibility index (Phi) is 9.91. The topological polar surface area (TPSA) is 12.0 Å². The molecule has 0 saturated heterocycles. The first-order valence-corrected chi connectivity index (χ1v) is 7.77. The first kappa shape index (κ1) is 17.0. The number of rotatable bonds is 11. The highest BCUT2D eigenvalue weighted by Gasteiger charge is 2.22. The van der Waals surface area contributed by atoms with E-state index in [9.17, 15) is 0 Å². The van der Waals surface area contributed by atoms with Gasteiger partial charge in [-0.05, 0) is 18.3 Å². The van der Waals surface area contributed by atoms with Crippen molar-refractivity contribution in [1.29, 1.82) is 0 Å². The molecule has 1 atom stereocenters. The molecule has 0 aliphatic carbocycles. The normalized spacial score (nSPS) is 15.2. The van der Waals surface area contributed by atoms with E-state index in [-0.39, 0.29) is 0 Å². The summed E-state index contributed by atoms with van der Waals surface area (Å²) in [5.41, 5.74) is 0.519. The van der Waals surface area contributed by atoms with E-state index >= 15 is 0 Å². The first-order chi connectivity index (χ1) is 8.04. The molecule has 0 saturated carbocycles. The Morgan fingerprint density at radius 1 is 0.882 bits per heavy atom. The molecule has 0 spiro atoms. The second kappa shape index (κ2) is 9.94. The van der Waals surface area contributed by atoms with Crippen LogP contribution >= 0.6 is 0 Å². The molecule has 104 valence electrons.